The van der Waals surface area contributed by atoms with Crippen LogP contribution in [0.1, 0.15) is 31.2 Å². The summed E-state index contributed by atoms with van der Waals surface area (Å²) in [7, 11) is 4.21. The summed E-state index contributed by atoms with van der Waals surface area (Å²) in [6.45, 7) is 3.26. The summed E-state index contributed by atoms with van der Waals surface area (Å²) in [6.07, 6.45) is 2.34. The fourth-order valence-electron chi connectivity index (χ4n) is 2.31. The van der Waals surface area contributed by atoms with Crippen LogP contribution < -0.4 is 5.32 Å². The smallest absolute Gasteiger partial charge is 0.123 e. The largest absolute Gasteiger partial charge is 0.312 e. The molecule has 0 saturated heterocycles. The summed E-state index contributed by atoms with van der Waals surface area (Å²) >= 11 is 0. The normalized spacial score (nSPS) is 24.9. The van der Waals surface area contributed by atoms with Gasteiger partial charge >= 0.3 is 0 Å². The van der Waals surface area contributed by atoms with Crippen LogP contribution in [0.3, 0.4) is 0 Å². The monoisotopic (exact) mass is 250 g/mol. The van der Waals surface area contributed by atoms with Gasteiger partial charge in [0.05, 0.1) is 0 Å². The van der Waals surface area contributed by atoms with Crippen molar-refractivity contribution in [2.24, 2.45) is 0 Å². The van der Waals surface area contributed by atoms with Crippen molar-refractivity contribution in [2.45, 2.75) is 37.8 Å². The van der Waals surface area contributed by atoms with Crippen molar-refractivity contribution in [1.29, 1.82) is 0 Å². The van der Waals surface area contributed by atoms with Crippen molar-refractivity contribution in [3.05, 3.63) is 35.6 Å². The molecular weight excluding hydrogens is 227 g/mol. The molecule has 3 heteroatoms. The van der Waals surface area contributed by atoms with E-state index in [0.717, 1.165) is 6.54 Å². The summed E-state index contributed by atoms with van der Waals surface area (Å²) in [6, 6.07) is 8.14. The Morgan fingerprint density at radius 1 is 1.28 bits per heavy atom. The first kappa shape index (κ1) is 13.5. The Morgan fingerprint density at radius 2 is 1.89 bits per heavy atom. The Hall–Kier alpha value is -0.930. The van der Waals surface area contributed by atoms with Crippen LogP contribution in [0.2, 0.25) is 0 Å². The lowest BCUT2D eigenvalue weighted by molar-refractivity contribution is 0.245. The minimum absolute atomic E-state index is 0.146. The molecule has 1 aliphatic rings. The zero-order chi connectivity index (χ0) is 13.1. The summed E-state index contributed by atoms with van der Waals surface area (Å²) < 4.78 is 12.8. The van der Waals surface area contributed by atoms with Gasteiger partial charge in [-0.15, -0.1) is 0 Å². The third kappa shape index (κ3) is 3.30. The van der Waals surface area contributed by atoms with Crippen LogP contribution in [0.15, 0.2) is 24.3 Å². The van der Waals surface area contributed by atoms with Gasteiger partial charge in [-0.05, 0) is 57.5 Å². The lowest BCUT2D eigenvalue weighted by Gasteiger charge is -2.37. The van der Waals surface area contributed by atoms with Crippen molar-refractivity contribution >= 4 is 0 Å². The third-order valence-corrected chi connectivity index (χ3v) is 4.06. The van der Waals surface area contributed by atoms with Gasteiger partial charge < -0.3 is 10.2 Å². The van der Waals surface area contributed by atoms with E-state index in [0.29, 0.717) is 18.0 Å². The summed E-state index contributed by atoms with van der Waals surface area (Å²) in [5.74, 6) is 0.463. The van der Waals surface area contributed by atoms with Gasteiger partial charge in [-0.1, -0.05) is 12.1 Å². The maximum atomic E-state index is 12.8. The Balaban J connectivity index is 1.72. The second-order valence-electron chi connectivity index (χ2n) is 5.64. The number of nitrogens with zero attached hydrogens (tertiary/aromatic N) is 1. The van der Waals surface area contributed by atoms with E-state index < -0.39 is 0 Å². The minimum atomic E-state index is -0.146. The molecule has 2 nitrogen and oxygen atoms in total. The second kappa shape index (κ2) is 5.81. The fraction of sp³-hybridized carbons (Fsp3) is 0.600. The number of likely N-dealkylation sites (N-methyl/N-ethyl adjacent to an activating group) is 1. The molecule has 18 heavy (non-hydrogen) atoms. The van der Waals surface area contributed by atoms with Gasteiger partial charge in [0.1, 0.15) is 5.82 Å². The van der Waals surface area contributed by atoms with E-state index in [-0.39, 0.29) is 5.82 Å². The standard InChI is InChI=1S/C15H23FN2/c1-11(18(2)3)10-17-15-8-13(9-15)12-4-6-14(16)7-5-12/h4-7,11,13,15,17H,8-10H2,1-3H3. The molecule has 0 aromatic heterocycles. The first-order chi connectivity index (χ1) is 8.56. The summed E-state index contributed by atoms with van der Waals surface area (Å²) in [4.78, 5) is 2.23. The molecule has 0 bridgehead atoms. The molecule has 1 fully saturated rings. The summed E-state index contributed by atoms with van der Waals surface area (Å²) in [5, 5.41) is 3.60. The molecule has 1 N–H and O–H groups in total. The lowest BCUT2D eigenvalue weighted by atomic mass is 9.76. The number of benzene rings is 1. The predicted octanol–water partition coefficient (Wildman–Crippen LogP) is 2.61. The first-order valence-electron chi connectivity index (χ1n) is 6.71. The zero-order valence-electron chi connectivity index (χ0n) is 11.5. The Bertz CT molecular complexity index is 369. The average Bonchev–Trinajstić information content (AvgIpc) is 2.28. The van der Waals surface area contributed by atoms with Gasteiger partial charge in [-0.25, -0.2) is 4.39 Å². The van der Waals surface area contributed by atoms with Gasteiger partial charge in [-0.2, -0.15) is 0 Å². The minimum Gasteiger partial charge on any atom is -0.312 e. The second-order valence-corrected chi connectivity index (χ2v) is 5.64. The Kier molecular flexibility index (Phi) is 4.36. The highest BCUT2D eigenvalue weighted by atomic mass is 19.1. The van der Waals surface area contributed by atoms with E-state index in [1.165, 1.54) is 18.4 Å². The maximum absolute atomic E-state index is 12.8. The maximum Gasteiger partial charge on any atom is 0.123 e. The van der Waals surface area contributed by atoms with Crippen molar-refractivity contribution in [3.63, 3.8) is 0 Å². The van der Waals surface area contributed by atoms with E-state index in [9.17, 15) is 4.39 Å². The molecule has 1 aromatic carbocycles. The van der Waals surface area contributed by atoms with Crippen molar-refractivity contribution in [1.82, 2.24) is 10.2 Å². The van der Waals surface area contributed by atoms with Crippen molar-refractivity contribution < 1.29 is 4.39 Å². The van der Waals surface area contributed by atoms with Gasteiger partial charge in [0.15, 0.2) is 0 Å². The van der Waals surface area contributed by atoms with Crippen molar-refractivity contribution in [2.75, 3.05) is 20.6 Å². The predicted molar refractivity (Wildman–Crippen MR) is 73.3 cm³/mol. The van der Waals surface area contributed by atoms with Gasteiger partial charge in [0, 0.05) is 18.6 Å². The molecule has 2 rings (SSSR count). The highest BCUT2D eigenvalue weighted by Crippen LogP contribution is 2.36. The van der Waals surface area contributed by atoms with E-state index in [1.54, 1.807) is 12.1 Å². The Morgan fingerprint density at radius 3 is 2.44 bits per heavy atom. The lowest BCUT2D eigenvalue weighted by Crippen LogP contribution is -2.45. The average molecular weight is 250 g/mol. The number of nitrogens with one attached hydrogen (secondary N) is 1. The quantitative estimate of drug-likeness (QED) is 0.864. The van der Waals surface area contributed by atoms with Gasteiger partial charge in [0.2, 0.25) is 0 Å². The molecule has 0 radical (unpaired) electrons. The SMILES string of the molecule is CC(CNC1CC(c2ccc(F)cc2)C1)N(C)C. The molecule has 1 unspecified atom stereocenters. The van der Waals surface area contributed by atoms with Crippen LogP contribution in [0.4, 0.5) is 4.39 Å². The molecule has 1 saturated carbocycles. The van der Waals surface area contributed by atoms with E-state index >= 15 is 0 Å². The van der Waals surface area contributed by atoms with Crippen LogP contribution in [-0.4, -0.2) is 37.6 Å². The highest BCUT2D eigenvalue weighted by Gasteiger charge is 2.30. The zero-order valence-corrected chi connectivity index (χ0v) is 11.5. The van der Waals surface area contributed by atoms with E-state index in [1.807, 2.05) is 12.1 Å². The molecular formula is C15H23FN2. The molecule has 0 heterocycles. The molecule has 0 spiro atoms. The van der Waals surface area contributed by atoms with Crippen LogP contribution >= 0.6 is 0 Å². The molecule has 0 amide bonds. The third-order valence-electron chi connectivity index (χ3n) is 4.06. The molecule has 1 atom stereocenters. The number of hydrogen-bond donors (Lipinski definition) is 1. The fourth-order valence-corrected chi connectivity index (χ4v) is 2.31. The topological polar surface area (TPSA) is 15.3 Å². The molecule has 100 valence electrons. The number of halogens is 1. The van der Waals surface area contributed by atoms with E-state index in [4.69, 9.17) is 0 Å². The van der Waals surface area contributed by atoms with Crippen LogP contribution in [-0.2, 0) is 0 Å². The van der Waals surface area contributed by atoms with Crippen LogP contribution in [0.25, 0.3) is 0 Å². The highest BCUT2D eigenvalue weighted by molar-refractivity contribution is 5.23. The Labute approximate surface area is 109 Å². The van der Waals surface area contributed by atoms with Gasteiger partial charge in [0.25, 0.3) is 0 Å². The summed E-state index contributed by atoms with van der Waals surface area (Å²) in [5.41, 5.74) is 1.27. The number of rotatable bonds is 5. The van der Waals surface area contributed by atoms with Crippen LogP contribution in [0, 0.1) is 5.82 Å². The molecule has 1 aliphatic carbocycles. The first-order valence-corrected chi connectivity index (χ1v) is 6.71. The van der Waals surface area contributed by atoms with Crippen molar-refractivity contribution in [3.8, 4) is 0 Å². The molecule has 0 aliphatic heterocycles. The molecule has 1 aromatic rings. The van der Waals surface area contributed by atoms with Crippen LogP contribution in [0.5, 0.6) is 0 Å². The van der Waals surface area contributed by atoms with E-state index in [2.05, 4.69) is 31.2 Å². The number of hydrogen-bond acceptors (Lipinski definition) is 2. The van der Waals surface area contributed by atoms with Gasteiger partial charge in [-0.3, -0.25) is 0 Å².